The minimum absolute atomic E-state index is 0.00271. The summed E-state index contributed by atoms with van der Waals surface area (Å²) < 4.78 is 61.6. The zero-order chi connectivity index (χ0) is 33.7. The first kappa shape index (κ1) is 33.3. The lowest BCUT2D eigenvalue weighted by molar-refractivity contribution is -0.138. The molecule has 3 aromatic rings. The van der Waals surface area contributed by atoms with Gasteiger partial charge < -0.3 is 19.9 Å². The number of carbonyl (C=O) groups excluding carboxylic acids is 1. The van der Waals surface area contributed by atoms with Gasteiger partial charge in [-0.3, -0.25) is 14.6 Å². The number of nitrogens with zero attached hydrogens (tertiary/aromatic N) is 7. The van der Waals surface area contributed by atoms with Crippen LogP contribution in [-0.2, 0) is 31.7 Å². The van der Waals surface area contributed by atoms with Crippen molar-refractivity contribution in [3.63, 3.8) is 0 Å². The van der Waals surface area contributed by atoms with Crippen molar-refractivity contribution in [3.05, 3.63) is 64.2 Å². The van der Waals surface area contributed by atoms with Crippen molar-refractivity contribution in [2.75, 3.05) is 50.1 Å². The minimum atomic E-state index is -4.67. The molecular weight excluding hydrogens is 616 g/mol. The van der Waals surface area contributed by atoms with Crippen LogP contribution in [0.2, 0.25) is 0 Å². The average Bonchev–Trinajstić information content (AvgIpc) is 3.58. The van der Waals surface area contributed by atoms with Gasteiger partial charge in [0.1, 0.15) is 18.0 Å². The fourth-order valence-electron chi connectivity index (χ4n) is 7.28. The Kier molecular flexibility index (Phi) is 9.05. The number of likely N-dealkylation sites (N-methyl/N-ethyl adjacent to an activating group) is 1. The van der Waals surface area contributed by atoms with Crippen LogP contribution in [-0.4, -0.2) is 86.4 Å². The van der Waals surface area contributed by atoms with Gasteiger partial charge in [-0.25, -0.2) is 9.37 Å². The second-order valence-corrected chi connectivity index (χ2v) is 13.5. The third-order valence-corrected chi connectivity index (χ3v) is 10.1. The van der Waals surface area contributed by atoms with Gasteiger partial charge in [0.2, 0.25) is 0 Å². The number of hydrogen-bond acceptors (Lipinski definition) is 8. The van der Waals surface area contributed by atoms with Gasteiger partial charge in [-0.05, 0) is 66.8 Å². The summed E-state index contributed by atoms with van der Waals surface area (Å²) in [5.41, 5.74) is -0.909. The summed E-state index contributed by atoms with van der Waals surface area (Å²) in [5.74, 6) is 0.291. The second kappa shape index (κ2) is 12.8. The second-order valence-electron chi connectivity index (χ2n) is 13.5. The lowest BCUT2D eigenvalue weighted by atomic mass is 9.61. The Hall–Kier alpha value is -3.62. The van der Waals surface area contributed by atoms with Gasteiger partial charge >= 0.3 is 6.18 Å². The first-order valence-corrected chi connectivity index (χ1v) is 16.1. The molecule has 1 aromatic carbocycles. The van der Waals surface area contributed by atoms with E-state index in [4.69, 9.17) is 0 Å². The van der Waals surface area contributed by atoms with E-state index in [2.05, 4.69) is 44.1 Å². The van der Waals surface area contributed by atoms with Crippen molar-refractivity contribution in [3.8, 4) is 0 Å². The van der Waals surface area contributed by atoms with Gasteiger partial charge in [0, 0.05) is 56.8 Å². The Morgan fingerprint density at radius 2 is 1.89 bits per heavy atom. The summed E-state index contributed by atoms with van der Waals surface area (Å²) in [6.45, 7) is 6.47. The molecule has 1 saturated carbocycles. The van der Waals surface area contributed by atoms with Crippen molar-refractivity contribution in [2.24, 2.45) is 13.0 Å². The fraction of sp³-hybridized carbons (Fsp3) is 0.576. The molecule has 10 nitrogen and oxygen atoms in total. The number of fused-ring (bicyclic) bond motifs is 1. The van der Waals surface area contributed by atoms with Gasteiger partial charge in [-0.1, -0.05) is 20.3 Å². The maximum Gasteiger partial charge on any atom is 0.416 e. The molecule has 3 aliphatic rings. The number of aryl methyl sites for hydroxylation is 1. The molecule has 2 fully saturated rings. The number of rotatable bonds is 10. The average molecular weight is 659 g/mol. The predicted molar refractivity (Wildman–Crippen MR) is 169 cm³/mol. The summed E-state index contributed by atoms with van der Waals surface area (Å²) in [4.78, 5) is 24.3. The van der Waals surface area contributed by atoms with E-state index in [-0.39, 0.29) is 48.5 Å². The van der Waals surface area contributed by atoms with Gasteiger partial charge in [-0.2, -0.15) is 13.2 Å². The Labute approximate surface area is 271 Å². The molecule has 254 valence electrons. The molecule has 4 heterocycles. The zero-order valence-electron chi connectivity index (χ0n) is 27.2. The molecule has 2 N–H and O–H groups in total. The van der Waals surface area contributed by atoms with Crippen LogP contribution >= 0.6 is 0 Å². The van der Waals surface area contributed by atoms with E-state index in [1.807, 2.05) is 7.05 Å². The van der Waals surface area contributed by atoms with Gasteiger partial charge in [-0.15, -0.1) is 10.2 Å². The van der Waals surface area contributed by atoms with Gasteiger partial charge in [0.15, 0.2) is 12.0 Å². The fourth-order valence-corrected chi connectivity index (χ4v) is 7.28. The number of piperazine rings is 1. The van der Waals surface area contributed by atoms with Crippen molar-refractivity contribution in [1.82, 2.24) is 29.5 Å². The monoisotopic (exact) mass is 658 g/mol. The number of pyridine rings is 1. The number of alkyl halides is 4. The third-order valence-electron chi connectivity index (χ3n) is 10.1. The number of hydrogen-bond donors (Lipinski definition) is 2. The highest BCUT2D eigenvalue weighted by Gasteiger charge is 2.50. The predicted octanol–water partition coefficient (Wildman–Crippen LogP) is 4.70. The summed E-state index contributed by atoms with van der Waals surface area (Å²) in [7, 11) is 3.71. The van der Waals surface area contributed by atoms with Crippen LogP contribution < -0.4 is 10.2 Å². The maximum absolute atomic E-state index is 16.3. The van der Waals surface area contributed by atoms with Gasteiger partial charge in [0.05, 0.1) is 18.7 Å². The van der Waals surface area contributed by atoms with Crippen molar-refractivity contribution in [1.29, 1.82) is 0 Å². The molecule has 14 heteroatoms. The van der Waals surface area contributed by atoms with Crippen molar-refractivity contribution < 1.29 is 27.5 Å². The van der Waals surface area contributed by atoms with Crippen LogP contribution in [0.1, 0.15) is 77.7 Å². The van der Waals surface area contributed by atoms with Gasteiger partial charge in [0.25, 0.3) is 5.91 Å². The molecule has 1 saturated heterocycles. The molecule has 47 heavy (non-hydrogen) atoms. The number of benzene rings is 1. The lowest BCUT2D eigenvalue weighted by Gasteiger charge is -2.44. The first-order valence-electron chi connectivity index (χ1n) is 16.1. The molecule has 1 amide bonds. The molecule has 1 aliphatic carbocycles. The van der Waals surface area contributed by atoms with Crippen molar-refractivity contribution >= 4 is 17.5 Å². The van der Waals surface area contributed by atoms with Crippen LogP contribution in [0.4, 0.5) is 29.2 Å². The lowest BCUT2D eigenvalue weighted by Crippen LogP contribution is -2.53. The molecule has 0 radical (unpaired) electrons. The minimum Gasteiger partial charge on any atom is -0.395 e. The Balaban J connectivity index is 1.38. The smallest absolute Gasteiger partial charge is 0.395 e. The summed E-state index contributed by atoms with van der Waals surface area (Å²) in [6, 6.07) is 6.24. The SMILES string of the molecule is CC(C)[C@H]1CN(C)CCN1Cc1cc2c(c(C(F)(F)F)c1)CN(c1cc(C3([C@@H](F)c4nncn4C)CCC3)cc(NCCO)n1)C2=O. The molecule has 0 unspecified atom stereocenters. The molecule has 2 atom stereocenters. The molecule has 0 spiro atoms. The van der Waals surface area contributed by atoms with Crippen LogP contribution in [0.5, 0.6) is 0 Å². The first-order chi connectivity index (χ1) is 22.3. The maximum atomic E-state index is 16.3. The van der Waals surface area contributed by atoms with Crippen LogP contribution in [0, 0.1) is 5.92 Å². The molecule has 0 bridgehead atoms. The van der Waals surface area contributed by atoms with E-state index < -0.39 is 29.2 Å². The molecule has 2 aromatic heterocycles. The van der Waals surface area contributed by atoms with E-state index >= 15 is 4.39 Å². The molecular formula is C33H42F4N8O2. The summed E-state index contributed by atoms with van der Waals surface area (Å²) in [5, 5.41) is 20.3. The molecule has 2 aliphatic heterocycles. The van der Waals surface area contributed by atoms with Crippen LogP contribution in [0.15, 0.2) is 30.6 Å². The number of halogens is 4. The van der Waals surface area contributed by atoms with Crippen molar-refractivity contribution in [2.45, 2.75) is 70.0 Å². The standard InChI is InChI=1S/C33H42F4N8O2/c1-20(2)26-18-42(3)9-10-44(26)16-21-12-23-24(25(13-21)33(35,36)37)17-45(31(23)47)28-15-22(14-27(40-28)38-8-11-46)32(6-5-7-32)29(34)30-41-39-19-43(30)4/h12-15,19-20,26,29,46H,5-11,16-18H2,1-4H3,(H,38,40)/t26-,29+/m1/s1. The number of anilines is 2. The summed E-state index contributed by atoms with van der Waals surface area (Å²) >= 11 is 0. The highest BCUT2D eigenvalue weighted by atomic mass is 19.4. The van der Waals surface area contributed by atoms with E-state index in [0.717, 1.165) is 19.5 Å². The van der Waals surface area contributed by atoms with E-state index in [0.29, 0.717) is 48.8 Å². The number of nitrogens with one attached hydrogen (secondary N) is 1. The summed E-state index contributed by atoms with van der Waals surface area (Å²) in [6.07, 6.45) is -2.98. The Morgan fingerprint density at radius 3 is 2.51 bits per heavy atom. The van der Waals surface area contributed by atoms with E-state index in [1.54, 1.807) is 25.2 Å². The quantitative estimate of drug-likeness (QED) is 0.303. The third kappa shape index (κ3) is 6.22. The number of aliphatic hydroxyl groups is 1. The highest BCUT2D eigenvalue weighted by molar-refractivity contribution is 6.10. The van der Waals surface area contributed by atoms with Crippen LogP contribution in [0.25, 0.3) is 0 Å². The van der Waals surface area contributed by atoms with E-state index in [9.17, 15) is 23.1 Å². The number of amides is 1. The topological polar surface area (TPSA) is 103 Å². The zero-order valence-corrected chi connectivity index (χ0v) is 27.2. The normalized spacial score (nSPS) is 20.9. The van der Waals surface area contributed by atoms with E-state index in [1.165, 1.54) is 21.9 Å². The van der Waals surface area contributed by atoms with Crippen LogP contribution in [0.3, 0.4) is 0 Å². The largest absolute Gasteiger partial charge is 0.416 e. The number of aliphatic hydroxyl groups excluding tert-OH is 1. The Bertz CT molecular complexity index is 1620. The Morgan fingerprint density at radius 1 is 1.13 bits per heavy atom. The highest BCUT2D eigenvalue weighted by Crippen LogP contribution is 2.54. The number of aromatic nitrogens is 4. The number of carbonyl (C=O) groups is 1. The molecule has 6 rings (SSSR count).